The Bertz CT molecular complexity index is 289. The van der Waals surface area contributed by atoms with Crippen molar-refractivity contribution in [2.45, 2.75) is 52.7 Å². The number of ether oxygens (including phenoxy) is 1. The highest BCUT2D eigenvalue weighted by molar-refractivity contribution is 9.09. The molecule has 0 heterocycles. The van der Waals surface area contributed by atoms with Gasteiger partial charge in [-0.3, -0.25) is 9.69 Å². The van der Waals surface area contributed by atoms with E-state index >= 15 is 0 Å². The van der Waals surface area contributed by atoms with Gasteiger partial charge in [-0.15, -0.1) is 0 Å². The molecule has 0 rings (SSSR count). The Kier molecular flexibility index (Phi) is 5.65. The van der Waals surface area contributed by atoms with Gasteiger partial charge in [0.2, 0.25) is 0 Å². The summed E-state index contributed by atoms with van der Waals surface area (Å²) < 4.78 is 5.29. The van der Waals surface area contributed by atoms with Crippen molar-refractivity contribution in [1.82, 2.24) is 4.90 Å². The van der Waals surface area contributed by atoms with Crippen LogP contribution >= 0.6 is 15.9 Å². The number of hydrogen-bond donors (Lipinski definition) is 0. The molecule has 100 valence electrons. The fourth-order valence-electron chi connectivity index (χ4n) is 1.11. The first kappa shape index (κ1) is 16.4. The van der Waals surface area contributed by atoms with Gasteiger partial charge < -0.3 is 4.74 Å². The van der Waals surface area contributed by atoms with Crippen molar-refractivity contribution >= 4 is 27.8 Å². The van der Waals surface area contributed by atoms with E-state index in [0.717, 1.165) is 0 Å². The molecule has 0 spiro atoms. The maximum absolute atomic E-state index is 12.0. The van der Waals surface area contributed by atoms with E-state index in [4.69, 9.17) is 4.74 Å². The van der Waals surface area contributed by atoms with Crippen LogP contribution in [0.4, 0.5) is 4.79 Å². The molecule has 1 amide bonds. The van der Waals surface area contributed by atoms with Gasteiger partial charge in [-0.2, -0.15) is 0 Å². The van der Waals surface area contributed by atoms with E-state index in [0.29, 0.717) is 0 Å². The standard InChI is InChI=1S/C12H22BrNO3/c1-11(2,3)14(8-9(15)7-13)10(16)17-12(4,5)6/h7-8H2,1-6H3. The third-order valence-electron chi connectivity index (χ3n) is 1.91. The number of Topliss-reactive ketones (excluding diaryl/α,β-unsaturated/α-hetero) is 1. The molecule has 0 aromatic carbocycles. The van der Waals surface area contributed by atoms with Gasteiger partial charge in [-0.25, -0.2) is 4.79 Å². The SMILES string of the molecule is CC(C)(C)OC(=O)N(CC(=O)CBr)C(C)(C)C. The summed E-state index contributed by atoms with van der Waals surface area (Å²) in [6, 6.07) is 0. The van der Waals surface area contributed by atoms with Crippen LogP contribution in [0.2, 0.25) is 0 Å². The highest BCUT2D eigenvalue weighted by Gasteiger charge is 2.31. The molecule has 0 saturated heterocycles. The molecule has 0 aliphatic rings. The average Bonchev–Trinajstić information content (AvgIpc) is 2.08. The van der Waals surface area contributed by atoms with Crippen molar-refractivity contribution in [3.8, 4) is 0 Å². The summed E-state index contributed by atoms with van der Waals surface area (Å²) in [5.41, 5.74) is -1.00. The molecule has 0 radical (unpaired) electrons. The highest BCUT2D eigenvalue weighted by Crippen LogP contribution is 2.18. The summed E-state index contributed by atoms with van der Waals surface area (Å²) in [4.78, 5) is 24.9. The minimum absolute atomic E-state index is 0.0502. The van der Waals surface area contributed by atoms with Crippen LogP contribution in [0, 0.1) is 0 Å². The summed E-state index contributed by atoms with van der Waals surface area (Å²) in [7, 11) is 0. The minimum atomic E-state index is -0.558. The van der Waals surface area contributed by atoms with E-state index in [9.17, 15) is 9.59 Å². The molecule has 0 aliphatic carbocycles. The predicted octanol–water partition coefficient (Wildman–Crippen LogP) is 2.99. The second-order valence-electron chi connectivity index (χ2n) is 5.91. The lowest BCUT2D eigenvalue weighted by atomic mass is 10.1. The fraction of sp³-hybridized carbons (Fsp3) is 0.833. The predicted molar refractivity (Wildman–Crippen MR) is 71.5 cm³/mol. The first-order chi connectivity index (χ1) is 7.47. The van der Waals surface area contributed by atoms with Gasteiger partial charge in [0.15, 0.2) is 5.78 Å². The first-order valence-electron chi connectivity index (χ1n) is 5.55. The highest BCUT2D eigenvalue weighted by atomic mass is 79.9. The number of halogens is 1. The monoisotopic (exact) mass is 307 g/mol. The largest absolute Gasteiger partial charge is 0.444 e. The summed E-state index contributed by atoms with van der Waals surface area (Å²) in [6.45, 7) is 11.1. The van der Waals surface area contributed by atoms with Crippen molar-refractivity contribution < 1.29 is 14.3 Å². The molecule has 0 atom stereocenters. The molecule has 0 fully saturated rings. The van der Waals surface area contributed by atoms with Gasteiger partial charge in [0, 0.05) is 5.54 Å². The summed E-state index contributed by atoms with van der Waals surface area (Å²) in [5.74, 6) is -0.0502. The van der Waals surface area contributed by atoms with Crippen LogP contribution in [0.25, 0.3) is 0 Å². The Labute approximate surface area is 112 Å². The van der Waals surface area contributed by atoms with E-state index in [1.54, 1.807) is 20.8 Å². The Hall–Kier alpha value is -0.580. The van der Waals surface area contributed by atoms with Crippen LogP contribution in [0.3, 0.4) is 0 Å². The summed E-state index contributed by atoms with van der Waals surface area (Å²) >= 11 is 3.09. The number of rotatable bonds is 3. The van der Waals surface area contributed by atoms with Gasteiger partial charge in [-0.05, 0) is 41.5 Å². The van der Waals surface area contributed by atoms with Crippen LogP contribution < -0.4 is 0 Å². The van der Waals surface area contributed by atoms with Crippen LogP contribution in [0.1, 0.15) is 41.5 Å². The van der Waals surface area contributed by atoms with Gasteiger partial charge in [0.25, 0.3) is 0 Å². The van der Waals surface area contributed by atoms with Gasteiger partial charge in [-0.1, -0.05) is 15.9 Å². The third kappa shape index (κ3) is 6.66. The quantitative estimate of drug-likeness (QED) is 0.753. The molecule has 0 unspecified atom stereocenters. The zero-order chi connectivity index (χ0) is 13.9. The lowest BCUT2D eigenvalue weighted by Crippen LogP contribution is -2.50. The lowest BCUT2D eigenvalue weighted by molar-refractivity contribution is -0.118. The normalized spacial score (nSPS) is 12.2. The van der Waals surface area contributed by atoms with Crippen LogP contribution in [0.5, 0.6) is 0 Å². The Morgan fingerprint density at radius 1 is 1.12 bits per heavy atom. The van der Waals surface area contributed by atoms with Crippen molar-refractivity contribution in [2.75, 3.05) is 11.9 Å². The van der Waals surface area contributed by atoms with Crippen molar-refractivity contribution in [2.24, 2.45) is 0 Å². The first-order valence-corrected chi connectivity index (χ1v) is 6.68. The summed E-state index contributed by atoms with van der Waals surface area (Å²) in [5, 5.41) is 0.238. The molecule has 0 saturated carbocycles. The number of carbonyl (C=O) groups is 2. The Morgan fingerprint density at radius 2 is 1.59 bits per heavy atom. The van der Waals surface area contributed by atoms with Crippen molar-refractivity contribution in [3.05, 3.63) is 0 Å². The zero-order valence-electron chi connectivity index (χ0n) is 11.5. The molecule has 0 aliphatic heterocycles. The molecule has 17 heavy (non-hydrogen) atoms. The van der Waals surface area contributed by atoms with E-state index in [2.05, 4.69) is 15.9 Å². The van der Waals surface area contributed by atoms with Crippen LogP contribution in [-0.2, 0) is 9.53 Å². The number of amides is 1. The van der Waals surface area contributed by atoms with Gasteiger partial charge in [0.05, 0.1) is 11.9 Å². The zero-order valence-corrected chi connectivity index (χ0v) is 13.1. The van der Waals surface area contributed by atoms with Crippen LogP contribution in [-0.4, -0.2) is 39.8 Å². The number of ketones is 1. The number of alkyl halides is 1. The van der Waals surface area contributed by atoms with E-state index in [1.807, 2.05) is 20.8 Å². The molecular weight excluding hydrogens is 286 g/mol. The van der Waals surface area contributed by atoms with Gasteiger partial charge >= 0.3 is 6.09 Å². The van der Waals surface area contributed by atoms with E-state index in [-0.39, 0.29) is 17.7 Å². The molecule has 0 N–H and O–H groups in total. The van der Waals surface area contributed by atoms with E-state index < -0.39 is 17.2 Å². The smallest absolute Gasteiger partial charge is 0.411 e. The second-order valence-corrected chi connectivity index (χ2v) is 6.47. The van der Waals surface area contributed by atoms with Gasteiger partial charge in [0.1, 0.15) is 5.60 Å². The average molecular weight is 308 g/mol. The van der Waals surface area contributed by atoms with Crippen molar-refractivity contribution in [1.29, 1.82) is 0 Å². The minimum Gasteiger partial charge on any atom is -0.444 e. The number of nitrogens with zero attached hydrogens (tertiary/aromatic N) is 1. The second kappa shape index (κ2) is 5.85. The molecule has 5 heteroatoms. The number of carbonyl (C=O) groups excluding carboxylic acids is 2. The molecule has 0 aromatic heterocycles. The Morgan fingerprint density at radius 3 is 1.88 bits per heavy atom. The van der Waals surface area contributed by atoms with Crippen molar-refractivity contribution in [3.63, 3.8) is 0 Å². The lowest BCUT2D eigenvalue weighted by Gasteiger charge is -2.36. The molecule has 0 aromatic rings. The molecule has 0 bridgehead atoms. The molecular formula is C12H22BrNO3. The number of hydrogen-bond acceptors (Lipinski definition) is 3. The van der Waals surface area contributed by atoms with E-state index in [1.165, 1.54) is 4.90 Å². The maximum atomic E-state index is 12.0. The maximum Gasteiger partial charge on any atom is 0.411 e. The Balaban J connectivity index is 4.82. The third-order valence-corrected chi connectivity index (χ3v) is 2.53. The summed E-state index contributed by atoms with van der Waals surface area (Å²) in [6.07, 6.45) is -0.459. The van der Waals surface area contributed by atoms with Crippen LogP contribution in [0.15, 0.2) is 0 Å². The fourth-order valence-corrected chi connectivity index (χ4v) is 1.29. The topological polar surface area (TPSA) is 46.6 Å². The molecule has 4 nitrogen and oxygen atoms in total.